The van der Waals surface area contributed by atoms with E-state index in [9.17, 15) is 38.4 Å². The molecule has 0 aliphatic heterocycles. The summed E-state index contributed by atoms with van der Waals surface area (Å²) < 4.78 is 27.3. The molecule has 0 fully saturated rings. The molecule has 0 aromatic rings. The molecule has 0 N–H and O–H groups in total. The molecule has 0 radical (unpaired) electrons. The Bertz CT molecular complexity index is 899. The maximum atomic E-state index is 12.2. The van der Waals surface area contributed by atoms with Crippen molar-refractivity contribution in [2.24, 2.45) is 10.8 Å². The van der Waals surface area contributed by atoms with Crippen LogP contribution in [0.15, 0.2) is 0 Å². The van der Waals surface area contributed by atoms with Gasteiger partial charge in [0, 0.05) is 25.7 Å². The third-order valence-electron chi connectivity index (χ3n) is 6.58. The molecule has 0 rings (SSSR count). The second kappa shape index (κ2) is 23.1. The first-order valence-electron chi connectivity index (χ1n) is 14.0. The van der Waals surface area contributed by atoms with Crippen LogP contribution in [-0.4, -0.2) is 84.5 Å². The Hall–Kier alpha value is -2.32. The topological polar surface area (TPSA) is 183 Å². The number of esters is 4. The van der Waals surface area contributed by atoms with Gasteiger partial charge in [-0.3, -0.25) is 38.4 Å². The molecular weight excluding hydrogens is 686 g/mol. The molecule has 0 spiro atoms. The molecule has 0 aromatic heterocycles. The molecule has 0 atom stereocenters. The molecule has 0 heterocycles. The van der Waals surface area contributed by atoms with Crippen molar-refractivity contribution in [3.05, 3.63) is 0 Å². The van der Waals surface area contributed by atoms with Gasteiger partial charge in [0.05, 0.1) is 49.7 Å². The quantitative estimate of drug-likeness (QED) is 0.0705. The SMILES string of the molecule is CCC(COCC(CC)(COC(=O)CCC(=O)Cl)COC(=O)CCC(=O)Cl)(COC(=O)CCC(=O)Cl)COC(=O)CCC(=O)Cl. The number of hydrogen-bond donors (Lipinski definition) is 0. The summed E-state index contributed by atoms with van der Waals surface area (Å²) in [6.07, 6.45) is -1.56. The van der Waals surface area contributed by atoms with Crippen LogP contribution >= 0.6 is 46.4 Å². The summed E-state index contributed by atoms with van der Waals surface area (Å²) in [5.74, 6) is -2.91. The van der Waals surface area contributed by atoms with Gasteiger partial charge in [-0.2, -0.15) is 0 Å². The lowest BCUT2D eigenvalue weighted by molar-refractivity contribution is -0.164. The maximum Gasteiger partial charge on any atom is 0.306 e. The van der Waals surface area contributed by atoms with E-state index in [1.807, 2.05) is 0 Å². The van der Waals surface area contributed by atoms with E-state index < -0.39 is 55.7 Å². The van der Waals surface area contributed by atoms with Crippen molar-refractivity contribution >= 4 is 91.3 Å². The van der Waals surface area contributed by atoms with Gasteiger partial charge in [0.1, 0.15) is 26.4 Å². The summed E-state index contributed by atoms with van der Waals surface area (Å²) in [5.41, 5.74) is -2.20. The minimum atomic E-state index is -1.10. The summed E-state index contributed by atoms with van der Waals surface area (Å²) in [4.78, 5) is 92.9. The predicted octanol–water partition coefficient (Wildman–Crippen LogP) is 4.15. The Balaban J connectivity index is 5.80. The Morgan fingerprint density at radius 1 is 0.400 bits per heavy atom. The standard InChI is InChI=1S/C28H38Cl4O13/c1-3-27(15-42-23(37)9-5-19(29)33,16-43-24(38)10-6-20(30)34)13-41-14-28(4-2,17-44-25(39)11-7-21(31)35)18-45-26(40)12-8-22(32)36/h3-18H2,1-2H3. The monoisotopic (exact) mass is 722 g/mol. The van der Waals surface area contributed by atoms with E-state index in [1.165, 1.54) is 0 Å². The molecular formula is C28H38Cl4O13. The minimum absolute atomic E-state index is 0.169. The first-order chi connectivity index (χ1) is 21.1. The van der Waals surface area contributed by atoms with Gasteiger partial charge in [0.25, 0.3) is 0 Å². The zero-order valence-electron chi connectivity index (χ0n) is 25.1. The normalized spacial score (nSPS) is 11.3. The van der Waals surface area contributed by atoms with Crippen LogP contribution in [0.25, 0.3) is 0 Å². The molecule has 45 heavy (non-hydrogen) atoms. The van der Waals surface area contributed by atoms with Crippen molar-refractivity contribution in [1.29, 1.82) is 0 Å². The van der Waals surface area contributed by atoms with Gasteiger partial charge in [0.15, 0.2) is 0 Å². The van der Waals surface area contributed by atoms with Crippen molar-refractivity contribution < 1.29 is 62.0 Å². The number of hydrogen-bond acceptors (Lipinski definition) is 13. The highest BCUT2D eigenvalue weighted by Gasteiger charge is 2.37. The maximum absolute atomic E-state index is 12.2. The van der Waals surface area contributed by atoms with Crippen LogP contribution in [0.1, 0.15) is 78.1 Å². The zero-order chi connectivity index (χ0) is 34.5. The number of rotatable bonds is 26. The smallest absolute Gasteiger partial charge is 0.306 e. The van der Waals surface area contributed by atoms with E-state index in [1.54, 1.807) is 13.8 Å². The third-order valence-corrected chi connectivity index (χ3v) is 7.33. The Kier molecular flexibility index (Phi) is 21.9. The van der Waals surface area contributed by atoms with Gasteiger partial charge >= 0.3 is 23.9 Å². The largest absolute Gasteiger partial charge is 0.465 e. The van der Waals surface area contributed by atoms with Gasteiger partial charge in [0.2, 0.25) is 21.0 Å². The molecule has 256 valence electrons. The minimum Gasteiger partial charge on any atom is -0.465 e. The fraction of sp³-hybridized carbons (Fsp3) is 0.714. The van der Waals surface area contributed by atoms with Crippen LogP contribution in [0.3, 0.4) is 0 Å². The van der Waals surface area contributed by atoms with E-state index in [0.717, 1.165) is 0 Å². The molecule has 0 saturated carbocycles. The summed E-state index contributed by atoms with van der Waals surface area (Å²) in [7, 11) is 0. The molecule has 0 amide bonds. The van der Waals surface area contributed by atoms with E-state index in [2.05, 4.69) is 0 Å². The van der Waals surface area contributed by atoms with E-state index in [0.29, 0.717) is 0 Å². The van der Waals surface area contributed by atoms with Crippen molar-refractivity contribution in [2.45, 2.75) is 78.1 Å². The highest BCUT2D eigenvalue weighted by atomic mass is 35.5. The predicted molar refractivity (Wildman–Crippen MR) is 160 cm³/mol. The Labute approximate surface area is 281 Å². The molecule has 0 aliphatic rings. The van der Waals surface area contributed by atoms with E-state index in [-0.39, 0.29) is 104 Å². The molecule has 0 aromatic carbocycles. The molecule has 0 unspecified atom stereocenters. The van der Waals surface area contributed by atoms with Gasteiger partial charge < -0.3 is 23.7 Å². The number of halogens is 4. The fourth-order valence-corrected chi connectivity index (χ4v) is 3.75. The third kappa shape index (κ3) is 21.2. The second-order valence-electron chi connectivity index (χ2n) is 10.3. The van der Waals surface area contributed by atoms with Crippen molar-refractivity contribution in [2.75, 3.05) is 39.6 Å². The van der Waals surface area contributed by atoms with Crippen LogP contribution in [0.2, 0.25) is 0 Å². The van der Waals surface area contributed by atoms with Crippen LogP contribution in [0.4, 0.5) is 0 Å². The number of carbonyl (C=O) groups excluding carboxylic acids is 8. The lowest BCUT2D eigenvalue weighted by Crippen LogP contribution is -2.42. The Morgan fingerprint density at radius 2 is 0.622 bits per heavy atom. The number of ether oxygens (including phenoxy) is 5. The second-order valence-corrected chi connectivity index (χ2v) is 11.9. The highest BCUT2D eigenvalue weighted by molar-refractivity contribution is 6.64. The molecule has 0 aliphatic carbocycles. The van der Waals surface area contributed by atoms with Crippen LogP contribution in [-0.2, 0) is 62.0 Å². The van der Waals surface area contributed by atoms with E-state index >= 15 is 0 Å². The van der Waals surface area contributed by atoms with Gasteiger partial charge in [-0.15, -0.1) is 0 Å². The first-order valence-corrected chi connectivity index (χ1v) is 15.5. The van der Waals surface area contributed by atoms with Gasteiger partial charge in [-0.25, -0.2) is 0 Å². The van der Waals surface area contributed by atoms with Gasteiger partial charge in [-0.05, 0) is 59.2 Å². The summed E-state index contributed by atoms with van der Waals surface area (Å²) in [6.45, 7) is 1.96. The summed E-state index contributed by atoms with van der Waals surface area (Å²) in [5, 5.41) is -2.89. The molecule has 13 nitrogen and oxygen atoms in total. The highest BCUT2D eigenvalue weighted by Crippen LogP contribution is 2.29. The number of carbonyl (C=O) groups is 8. The Morgan fingerprint density at radius 3 is 0.800 bits per heavy atom. The first kappa shape index (κ1) is 42.7. The van der Waals surface area contributed by atoms with Gasteiger partial charge in [-0.1, -0.05) is 13.8 Å². The zero-order valence-corrected chi connectivity index (χ0v) is 28.2. The molecule has 0 saturated heterocycles. The van der Waals surface area contributed by atoms with Crippen molar-refractivity contribution in [3.8, 4) is 0 Å². The molecule has 17 heteroatoms. The van der Waals surface area contributed by atoms with Crippen molar-refractivity contribution in [1.82, 2.24) is 0 Å². The lowest BCUT2D eigenvalue weighted by Gasteiger charge is -2.35. The van der Waals surface area contributed by atoms with Crippen LogP contribution in [0, 0.1) is 10.8 Å². The molecule has 0 bridgehead atoms. The van der Waals surface area contributed by atoms with Crippen LogP contribution in [0.5, 0.6) is 0 Å². The van der Waals surface area contributed by atoms with E-state index in [4.69, 9.17) is 70.1 Å². The van der Waals surface area contributed by atoms with Crippen molar-refractivity contribution in [3.63, 3.8) is 0 Å². The average Bonchev–Trinajstić information content (AvgIpc) is 2.99. The van der Waals surface area contributed by atoms with Crippen LogP contribution < -0.4 is 0 Å². The lowest BCUT2D eigenvalue weighted by atomic mass is 9.86. The summed E-state index contributed by atoms with van der Waals surface area (Å²) in [6, 6.07) is 0. The summed E-state index contributed by atoms with van der Waals surface area (Å²) >= 11 is 21.2. The fourth-order valence-electron chi connectivity index (χ4n) is 3.37. The average molecular weight is 724 g/mol.